The monoisotopic (exact) mass is 409 g/mol. The van der Waals surface area contributed by atoms with Crippen LogP contribution < -0.4 is 4.90 Å². The third-order valence-corrected chi connectivity index (χ3v) is 6.01. The fourth-order valence-electron chi connectivity index (χ4n) is 3.08. The van der Waals surface area contributed by atoms with Crippen LogP contribution in [0.25, 0.3) is 31.7 Å². The van der Waals surface area contributed by atoms with Crippen LogP contribution in [0.3, 0.4) is 0 Å². The molecule has 2 heterocycles. The van der Waals surface area contributed by atoms with E-state index in [-0.39, 0.29) is 11.9 Å². The van der Waals surface area contributed by atoms with E-state index in [9.17, 15) is 9.18 Å². The molecule has 2 aromatic heterocycles. The molecule has 4 aromatic rings. The molecule has 0 aliphatic rings. The van der Waals surface area contributed by atoms with Gasteiger partial charge in [-0.15, -0.1) is 11.3 Å². The number of ether oxygens (including phenoxy) is 1. The normalized spacial score (nSPS) is 11.4. The van der Waals surface area contributed by atoms with Crippen LogP contribution in [-0.4, -0.2) is 36.1 Å². The molecule has 0 fully saturated rings. The second-order valence-corrected chi connectivity index (χ2v) is 8.17. The van der Waals surface area contributed by atoms with E-state index in [1.807, 2.05) is 18.0 Å². The molecule has 0 unspecified atom stereocenters. The first-order chi connectivity index (χ1) is 13.9. The van der Waals surface area contributed by atoms with Gasteiger partial charge in [0.25, 0.3) is 0 Å². The Bertz CT molecular complexity index is 1240. The van der Waals surface area contributed by atoms with Crippen LogP contribution >= 0.6 is 11.3 Å². The maximum atomic E-state index is 13.6. The molecule has 0 saturated carbocycles. The Balaban J connectivity index is 1.94. The summed E-state index contributed by atoms with van der Waals surface area (Å²) in [5, 5.41) is 0.839. The maximum Gasteiger partial charge on any atom is 0.337 e. The van der Waals surface area contributed by atoms with Crippen molar-refractivity contribution in [3.8, 4) is 10.6 Å². The van der Waals surface area contributed by atoms with E-state index in [4.69, 9.17) is 14.7 Å². The van der Waals surface area contributed by atoms with Gasteiger partial charge >= 0.3 is 5.97 Å². The van der Waals surface area contributed by atoms with Gasteiger partial charge in [0.05, 0.1) is 28.6 Å². The Kier molecular flexibility index (Phi) is 4.92. The van der Waals surface area contributed by atoms with Crippen LogP contribution in [0.15, 0.2) is 42.5 Å². The zero-order chi connectivity index (χ0) is 20.7. The molecule has 0 bridgehead atoms. The molecule has 0 spiro atoms. The van der Waals surface area contributed by atoms with E-state index in [2.05, 4.69) is 13.8 Å². The van der Waals surface area contributed by atoms with Gasteiger partial charge in [0.1, 0.15) is 11.5 Å². The van der Waals surface area contributed by atoms with Crippen LogP contribution in [0.1, 0.15) is 24.2 Å². The summed E-state index contributed by atoms with van der Waals surface area (Å²) in [5.74, 6) is 0.0333. The summed E-state index contributed by atoms with van der Waals surface area (Å²) < 4.78 is 19.4. The molecule has 0 atom stereocenters. The van der Waals surface area contributed by atoms with E-state index < -0.39 is 5.97 Å². The summed E-state index contributed by atoms with van der Waals surface area (Å²) in [6.45, 7) is 4.14. The summed E-state index contributed by atoms with van der Waals surface area (Å²) >= 11 is 1.55. The van der Waals surface area contributed by atoms with E-state index in [0.717, 1.165) is 20.7 Å². The second-order valence-electron chi connectivity index (χ2n) is 7.09. The van der Waals surface area contributed by atoms with Crippen molar-refractivity contribution in [3.05, 3.63) is 53.8 Å². The molecular weight excluding hydrogens is 389 g/mol. The number of esters is 1. The molecule has 29 heavy (non-hydrogen) atoms. The maximum absolute atomic E-state index is 13.6. The van der Waals surface area contributed by atoms with Crippen molar-refractivity contribution in [1.29, 1.82) is 0 Å². The predicted octanol–water partition coefficient (Wildman–Crippen LogP) is 5.28. The van der Waals surface area contributed by atoms with Gasteiger partial charge in [-0.3, -0.25) is 0 Å². The van der Waals surface area contributed by atoms with Crippen LogP contribution in [0, 0.1) is 5.82 Å². The lowest BCUT2D eigenvalue weighted by molar-refractivity contribution is 0.0601. The Morgan fingerprint density at radius 2 is 1.90 bits per heavy atom. The number of hydrogen-bond donors (Lipinski definition) is 0. The zero-order valence-corrected chi connectivity index (χ0v) is 17.4. The molecule has 7 heteroatoms. The number of rotatable bonds is 4. The van der Waals surface area contributed by atoms with Gasteiger partial charge in [-0.25, -0.2) is 19.2 Å². The largest absolute Gasteiger partial charge is 0.465 e. The second kappa shape index (κ2) is 7.40. The van der Waals surface area contributed by atoms with Crippen molar-refractivity contribution >= 4 is 44.2 Å². The van der Waals surface area contributed by atoms with Crippen molar-refractivity contribution in [2.45, 2.75) is 19.9 Å². The lowest BCUT2D eigenvalue weighted by atomic mass is 10.1. The van der Waals surface area contributed by atoms with Gasteiger partial charge in [-0.05, 0) is 61.7 Å². The Morgan fingerprint density at radius 3 is 2.62 bits per heavy atom. The molecule has 0 aliphatic heterocycles. The molecular formula is C22H20FN3O2S. The minimum absolute atomic E-state index is 0.191. The van der Waals surface area contributed by atoms with Crippen LogP contribution in [0.5, 0.6) is 0 Å². The number of fused-ring (bicyclic) bond motifs is 2. The molecule has 0 aliphatic carbocycles. The fourth-order valence-corrected chi connectivity index (χ4v) is 4.10. The molecule has 4 rings (SSSR count). The zero-order valence-electron chi connectivity index (χ0n) is 16.6. The third kappa shape index (κ3) is 3.53. The SMILES string of the molecule is COC(=O)c1ccc2nc(-c3cc4cc(F)ccc4s3)c(N(C)C(C)C)nc2c1. The smallest absolute Gasteiger partial charge is 0.337 e. The number of thiophene rings is 1. The molecule has 5 nitrogen and oxygen atoms in total. The van der Waals surface area contributed by atoms with E-state index in [0.29, 0.717) is 22.4 Å². The minimum Gasteiger partial charge on any atom is -0.465 e. The number of anilines is 1. The van der Waals surface area contributed by atoms with Crippen molar-refractivity contribution in [1.82, 2.24) is 9.97 Å². The summed E-state index contributed by atoms with van der Waals surface area (Å²) in [6.07, 6.45) is 0. The Morgan fingerprint density at radius 1 is 1.10 bits per heavy atom. The lowest BCUT2D eigenvalue weighted by Gasteiger charge is -2.24. The standard InChI is InChI=1S/C22H20FN3O2S/c1-12(2)26(3)21-20(19-11-14-9-15(23)6-8-18(14)29-19)24-16-7-5-13(22(27)28-4)10-17(16)25-21/h5-12H,1-4H3. The number of hydrogen-bond acceptors (Lipinski definition) is 6. The van der Waals surface area contributed by atoms with Gasteiger partial charge in [-0.1, -0.05) is 0 Å². The fraction of sp³-hybridized carbons (Fsp3) is 0.227. The van der Waals surface area contributed by atoms with Crippen LogP contribution in [0.4, 0.5) is 10.2 Å². The van der Waals surface area contributed by atoms with Crippen molar-refractivity contribution in [2.24, 2.45) is 0 Å². The number of carbonyl (C=O) groups excluding carboxylic acids is 1. The average Bonchev–Trinajstić information content (AvgIpc) is 3.14. The van der Waals surface area contributed by atoms with Gasteiger partial charge < -0.3 is 9.64 Å². The molecule has 0 N–H and O–H groups in total. The highest BCUT2D eigenvalue weighted by molar-refractivity contribution is 7.22. The summed E-state index contributed by atoms with van der Waals surface area (Å²) in [4.78, 5) is 24.5. The predicted molar refractivity (Wildman–Crippen MR) is 115 cm³/mol. The van der Waals surface area contributed by atoms with Gasteiger partial charge in [-0.2, -0.15) is 0 Å². The first-order valence-corrected chi connectivity index (χ1v) is 10.0. The third-order valence-electron chi connectivity index (χ3n) is 4.89. The highest BCUT2D eigenvalue weighted by Gasteiger charge is 2.19. The Labute approximate surface area is 171 Å². The summed E-state index contributed by atoms with van der Waals surface area (Å²) in [5.41, 5.74) is 2.46. The topological polar surface area (TPSA) is 55.3 Å². The quantitative estimate of drug-likeness (QED) is 0.429. The van der Waals surface area contributed by atoms with E-state index in [1.54, 1.807) is 35.6 Å². The Hall–Kier alpha value is -3.06. The highest BCUT2D eigenvalue weighted by Crippen LogP contribution is 2.38. The van der Waals surface area contributed by atoms with Crippen molar-refractivity contribution in [3.63, 3.8) is 0 Å². The number of benzene rings is 2. The highest BCUT2D eigenvalue weighted by atomic mass is 32.1. The number of halogens is 1. The lowest BCUT2D eigenvalue weighted by Crippen LogP contribution is -2.27. The minimum atomic E-state index is -0.414. The van der Waals surface area contributed by atoms with Crippen LogP contribution in [-0.2, 0) is 4.74 Å². The molecule has 0 radical (unpaired) electrons. The molecule has 2 aromatic carbocycles. The number of nitrogens with zero attached hydrogens (tertiary/aromatic N) is 3. The number of carbonyl (C=O) groups is 1. The van der Waals surface area contributed by atoms with E-state index in [1.165, 1.54) is 19.2 Å². The summed E-state index contributed by atoms with van der Waals surface area (Å²) in [6, 6.07) is 12.0. The molecule has 0 amide bonds. The van der Waals surface area contributed by atoms with Crippen molar-refractivity contribution < 1.29 is 13.9 Å². The molecule has 148 valence electrons. The molecule has 0 saturated heterocycles. The van der Waals surface area contributed by atoms with Gasteiger partial charge in [0, 0.05) is 17.8 Å². The van der Waals surface area contributed by atoms with Crippen LogP contribution in [0.2, 0.25) is 0 Å². The first-order valence-electron chi connectivity index (χ1n) is 9.20. The first kappa shape index (κ1) is 19.3. The van der Waals surface area contributed by atoms with Crippen molar-refractivity contribution in [2.75, 3.05) is 19.1 Å². The van der Waals surface area contributed by atoms with E-state index >= 15 is 0 Å². The van der Waals surface area contributed by atoms with Gasteiger partial charge in [0.15, 0.2) is 5.82 Å². The van der Waals surface area contributed by atoms with Gasteiger partial charge in [0.2, 0.25) is 0 Å². The summed E-state index contributed by atoms with van der Waals surface area (Å²) in [7, 11) is 3.31. The average molecular weight is 409 g/mol. The number of methoxy groups -OCH3 is 1. The number of aromatic nitrogens is 2.